The van der Waals surface area contributed by atoms with E-state index in [1.807, 2.05) is 77.5 Å². The summed E-state index contributed by atoms with van der Waals surface area (Å²) in [6.07, 6.45) is 4.17. The van der Waals surface area contributed by atoms with Gasteiger partial charge in [0.25, 0.3) is 0 Å². The summed E-state index contributed by atoms with van der Waals surface area (Å²) in [6.45, 7) is 2.35. The van der Waals surface area contributed by atoms with Crippen LogP contribution in [0.1, 0.15) is 48.0 Å². The lowest BCUT2D eigenvalue weighted by Gasteiger charge is -2.32. The van der Waals surface area contributed by atoms with Crippen LogP contribution in [0.25, 0.3) is 11.0 Å². The van der Waals surface area contributed by atoms with Gasteiger partial charge in [-0.25, -0.2) is 4.98 Å². The summed E-state index contributed by atoms with van der Waals surface area (Å²) in [5, 5.41) is 5.23. The molecule has 0 saturated heterocycles. The van der Waals surface area contributed by atoms with Gasteiger partial charge in [0.2, 0.25) is 11.8 Å². The van der Waals surface area contributed by atoms with Gasteiger partial charge in [-0.3, -0.25) is 9.59 Å². The summed E-state index contributed by atoms with van der Waals surface area (Å²) >= 11 is 1.58. The number of methoxy groups -OCH3 is 1. The molecule has 1 atom stereocenters. The minimum absolute atomic E-state index is 0.0983. The number of carbonyl (C=O) groups is 2. The molecule has 0 radical (unpaired) electrons. The molecule has 0 bridgehead atoms. The van der Waals surface area contributed by atoms with Crippen molar-refractivity contribution >= 4 is 34.2 Å². The van der Waals surface area contributed by atoms with Crippen LogP contribution in [-0.2, 0) is 22.7 Å². The fourth-order valence-electron chi connectivity index (χ4n) is 5.12. The molecule has 7 nitrogen and oxygen atoms in total. The Morgan fingerprint density at radius 2 is 1.86 bits per heavy atom. The maximum absolute atomic E-state index is 14.1. The third-order valence-electron chi connectivity index (χ3n) is 7.06. The van der Waals surface area contributed by atoms with Crippen molar-refractivity contribution in [1.29, 1.82) is 0 Å². The molecule has 37 heavy (non-hydrogen) atoms. The second-order valence-corrected chi connectivity index (χ2v) is 10.5. The number of para-hydroxylation sites is 2. The number of hydrogen-bond acceptors (Lipinski definition) is 5. The van der Waals surface area contributed by atoms with E-state index in [4.69, 9.17) is 4.74 Å². The Labute approximate surface area is 221 Å². The number of benzene rings is 2. The molecule has 192 valence electrons. The molecule has 1 unspecified atom stereocenters. The average Bonchev–Trinajstić information content (AvgIpc) is 3.67. The number of aromatic nitrogens is 2. The van der Waals surface area contributed by atoms with Crippen molar-refractivity contribution in [2.24, 2.45) is 0 Å². The number of amides is 2. The van der Waals surface area contributed by atoms with Crippen LogP contribution in [0, 0.1) is 6.92 Å². The molecular formula is C29H32N4O3S. The van der Waals surface area contributed by atoms with Crippen molar-refractivity contribution in [3.05, 3.63) is 82.3 Å². The van der Waals surface area contributed by atoms with Gasteiger partial charge in [0, 0.05) is 10.9 Å². The highest BCUT2D eigenvalue weighted by molar-refractivity contribution is 7.09. The van der Waals surface area contributed by atoms with Gasteiger partial charge in [0.15, 0.2) is 0 Å². The fourth-order valence-corrected chi connectivity index (χ4v) is 5.83. The van der Waals surface area contributed by atoms with Gasteiger partial charge in [-0.05, 0) is 61.0 Å². The Balaban J connectivity index is 1.52. The van der Waals surface area contributed by atoms with E-state index >= 15 is 0 Å². The lowest BCUT2D eigenvalue weighted by Crippen LogP contribution is -2.46. The number of rotatable bonds is 9. The summed E-state index contributed by atoms with van der Waals surface area (Å²) in [5.41, 5.74) is 2.51. The molecule has 0 spiro atoms. The van der Waals surface area contributed by atoms with Gasteiger partial charge in [0.05, 0.1) is 24.7 Å². The summed E-state index contributed by atoms with van der Waals surface area (Å²) < 4.78 is 7.27. The number of hydrogen-bond donors (Lipinski definition) is 1. The van der Waals surface area contributed by atoms with Gasteiger partial charge in [-0.15, -0.1) is 11.3 Å². The number of thiophene rings is 1. The molecule has 5 rings (SSSR count). The summed E-state index contributed by atoms with van der Waals surface area (Å²) in [7, 11) is 1.61. The average molecular weight is 517 g/mol. The molecule has 2 heterocycles. The molecular weight excluding hydrogens is 484 g/mol. The zero-order chi connectivity index (χ0) is 25.8. The van der Waals surface area contributed by atoms with E-state index in [-0.39, 0.29) is 24.4 Å². The van der Waals surface area contributed by atoms with Crippen molar-refractivity contribution in [2.45, 2.75) is 57.8 Å². The Hall–Kier alpha value is -3.65. The first-order chi connectivity index (χ1) is 18.0. The van der Waals surface area contributed by atoms with Crippen LogP contribution in [0.5, 0.6) is 5.75 Å². The van der Waals surface area contributed by atoms with Gasteiger partial charge >= 0.3 is 0 Å². The summed E-state index contributed by atoms with van der Waals surface area (Å²) in [6, 6.07) is 18.6. The van der Waals surface area contributed by atoms with Crippen LogP contribution in [0.15, 0.2) is 66.0 Å². The third kappa shape index (κ3) is 5.54. The number of imidazole rings is 1. The predicted molar refractivity (Wildman–Crippen MR) is 145 cm³/mol. The van der Waals surface area contributed by atoms with Crippen LogP contribution in [0.2, 0.25) is 0 Å². The maximum atomic E-state index is 14.1. The minimum atomic E-state index is -0.767. The topological polar surface area (TPSA) is 76.5 Å². The van der Waals surface area contributed by atoms with E-state index in [0.29, 0.717) is 12.3 Å². The van der Waals surface area contributed by atoms with E-state index in [9.17, 15) is 9.59 Å². The first-order valence-corrected chi connectivity index (χ1v) is 13.6. The Kier molecular flexibility index (Phi) is 7.55. The quantitative estimate of drug-likeness (QED) is 0.330. The first kappa shape index (κ1) is 25.0. The highest BCUT2D eigenvalue weighted by Gasteiger charge is 2.34. The summed E-state index contributed by atoms with van der Waals surface area (Å²) in [4.78, 5) is 35.3. The zero-order valence-corrected chi connectivity index (χ0v) is 22.0. The molecule has 1 fully saturated rings. The largest absolute Gasteiger partial charge is 0.497 e. The van der Waals surface area contributed by atoms with Gasteiger partial charge in [-0.2, -0.15) is 0 Å². The first-order valence-electron chi connectivity index (χ1n) is 12.7. The van der Waals surface area contributed by atoms with Crippen LogP contribution >= 0.6 is 11.3 Å². The lowest BCUT2D eigenvalue weighted by molar-refractivity contribution is -0.142. The Bertz CT molecular complexity index is 1360. The van der Waals surface area contributed by atoms with Crippen molar-refractivity contribution in [3.63, 3.8) is 0 Å². The second-order valence-electron chi connectivity index (χ2n) is 9.50. The van der Waals surface area contributed by atoms with Crippen molar-refractivity contribution in [1.82, 2.24) is 19.8 Å². The number of aryl methyl sites for hydroxylation is 1. The normalized spacial score (nSPS) is 14.5. The van der Waals surface area contributed by atoms with Crippen molar-refractivity contribution in [3.8, 4) is 5.75 Å². The minimum Gasteiger partial charge on any atom is -0.497 e. The zero-order valence-electron chi connectivity index (χ0n) is 21.2. The van der Waals surface area contributed by atoms with E-state index < -0.39 is 6.04 Å². The number of carbonyl (C=O) groups excluding carboxylic acids is 2. The van der Waals surface area contributed by atoms with E-state index in [1.54, 1.807) is 23.3 Å². The Morgan fingerprint density at radius 1 is 1.11 bits per heavy atom. The van der Waals surface area contributed by atoms with Gasteiger partial charge < -0.3 is 19.5 Å². The fraction of sp³-hybridized carbons (Fsp3) is 0.345. The summed E-state index contributed by atoms with van der Waals surface area (Å²) in [5.74, 6) is 1.19. The number of nitrogens with one attached hydrogen (secondary N) is 1. The van der Waals surface area contributed by atoms with E-state index in [1.165, 1.54) is 0 Å². The van der Waals surface area contributed by atoms with Crippen molar-refractivity contribution < 1.29 is 14.3 Å². The molecule has 2 aromatic carbocycles. The van der Waals surface area contributed by atoms with E-state index in [0.717, 1.165) is 53.0 Å². The molecule has 2 aromatic heterocycles. The smallest absolute Gasteiger partial charge is 0.247 e. The monoisotopic (exact) mass is 516 g/mol. The van der Waals surface area contributed by atoms with Crippen LogP contribution in [0.4, 0.5) is 0 Å². The van der Waals surface area contributed by atoms with Gasteiger partial charge in [0.1, 0.15) is 24.2 Å². The number of ether oxygens (including phenoxy) is 1. The van der Waals surface area contributed by atoms with E-state index in [2.05, 4.69) is 10.3 Å². The Morgan fingerprint density at radius 3 is 2.57 bits per heavy atom. The third-order valence-corrected chi connectivity index (χ3v) is 7.92. The molecule has 1 saturated carbocycles. The molecule has 1 N–H and O–H groups in total. The maximum Gasteiger partial charge on any atom is 0.247 e. The molecule has 4 aromatic rings. The van der Waals surface area contributed by atoms with Crippen LogP contribution < -0.4 is 10.1 Å². The number of fused-ring (bicyclic) bond motifs is 1. The standard InChI is InChI=1S/C29H32N4O3S/c1-20-30-25-11-5-6-12-26(25)32(20)19-27(34)33(18-24-10-7-17-37-24)28(21-13-15-23(36-2)16-14-21)29(35)31-22-8-3-4-9-22/h5-7,10-17,22,28H,3-4,8-9,18-19H2,1-2H3,(H,31,35). The van der Waals surface area contributed by atoms with Gasteiger partial charge in [-0.1, -0.05) is 43.2 Å². The SMILES string of the molecule is COc1ccc(C(C(=O)NC2CCCC2)N(Cc2cccs2)C(=O)Cn2c(C)nc3ccccc32)cc1. The highest BCUT2D eigenvalue weighted by Crippen LogP contribution is 2.29. The molecule has 8 heteroatoms. The van der Waals surface area contributed by atoms with Crippen LogP contribution in [-0.4, -0.2) is 39.4 Å². The molecule has 0 aliphatic heterocycles. The molecule has 2 amide bonds. The molecule has 1 aliphatic carbocycles. The lowest BCUT2D eigenvalue weighted by atomic mass is 10.0. The van der Waals surface area contributed by atoms with Crippen molar-refractivity contribution in [2.75, 3.05) is 7.11 Å². The van der Waals surface area contributed by atoms with Crippen LogP contribution in [0.3, 0.4) is 0 Å². The second kappa shape index (κ2) is 11.2. The predicted octanol–water partition coefficient (Wildman–Crippen LogP) is 5.24. The number of nitrogens with zero attached hydrogens (tertiary/aromatic N) is 3. The highest BCUT2D eigenvalue weighted by atomic mass is 32.1. The molecule has 1 aliphatic rings.